The molecule has 2 amide bonds. The summed E-state index contributed by atoms with van der Waals surface area (Å²) in [6.07, 6.45) is 0.650. The number of carbonyl (C=O) groups excluding carboxylic acids is 2. The second kappa shape index (κ2) is 9.98. The zero-order valence-corrected chi connectivity index (χ0v) is 18.0. The molecule has 3 N–H and O–H groups in total. The van der Waals surface area contributed by atoms with E-state index in [1.807, 2.05) is 72.8 Å². The Labute approximate surface area is 188 Å². The minimum atomic E-state index is -0.131. The molecule has 1 fully saturated rings. The Hall–Kier alpha value is -3.84. The van der Waals surface area contributed by atoms with Crippen LogP contribution in [0.5, 0.6) is 0 Å². The summed E-state index contributed by atoms with van der Waals surface area (Å²) in [5.74, 6) is -0.131. The van der Waals surface area contributed by atoms with Gasteiger partial charge in [-0.2, -0.15) is 0 Å². The standard InChI is InChI=1S/C25H27N5O2/c1-29-14-16-30(17-15-29)24-12-2-19(3-13-24)25(32)28-23-10-8-22(9-11-23)27-21-6-4-20(5-7-21)26-18-31/h2-13,18,27H,14-17H2,1H3,(H,26,31)(H,28,32). The number of hydrogen-bond acceptors (Lipinski definition) is 5. The van der Waals surface area contributed by atoms with E-state index in [0.717, 1.165) is 54.6 Å². The van der Waals surface area contributed by atoms with Gasteiger partial charge in [0, 0.05) is 60.2 Å². The largest absolute Gasteiger partial charge is 0.369 e. The van der Waals surface area contributed by atoms with Crippen molar-refractivity contribution in [3.63, 3.8) is 0 Å². The van der Waals surface area contributed by atoms with Gasteiger partial charge in [-0.05, 0) is 79.8 Å². The summed E-state index contributed by atoms with van der Waals surface area (Å²) >= 11 is 0. The van der Waals surface area contributed by atoms with E-state index in [9.17, 15) is 9.59 Å². The first-order valence-corrected chi connectivity index (χ1v) is 10.6. The van der Waals surface area contributed by atoms with E-state index in [-0.39, 0.29) is 5.91 Å². The molecule has 1 saturated heterocycles. The molecule has 0 spiro atoms. The number of amides is 2. The first-order chi connectivity index (χ1) is 15.6. The number of nitrogens with one attached hydrogen (secondary N) is 3. The predicted molar refractivity (Wildman–Crippen MR) is 130 cm³/mol. The highest BCUT2D eigenvalue weighted by Gasteiger charge is 2.15. The lowest BCUT2D eigenvalue weighted by atomic mass is 10.1. The Balaban J connectivity index is 1.32. The molecule has 1 aliphatic heterocycles. The number of benzene rings is 3. The smallest absolute Gasteiger partial charge is 0.255 e. The van der Waals surface area contributed by atoms with Crippen molar-refractivity contribution in [2.75, 3.05) is 54.1 Å². The average molecular weight is 430 g/mol. The molecule has 164 valence electrons. The van der Waals surface area contributed by atoms with Crippen molar-refractivity contribution in [1.29, 1.82) is 0 Å². The van der Waals surface area contributed by atoms with E-state index in [1.165, 1.54) is 0 Å². The topological polar surface area (TPSA) is 76.7 Å². The van der Waals surface area contributed by atoms with Crippen LogP contribution in [0.15, 0.2) is 72.8 Å². The van der Waals surface area contributed by atoms with Crippen molar-refractivity contribution in [3.05, 3.63) is 78.4 Å². The summed E-state index contributed by atoms with van der Waals surface area (Å²) in [6, 6.07) is 22.7. The fraction of sp³-hybridized carbons (Fsp3) is 0.200. The maximum absolute atomic E-state index is 12.6. The van der Waals surface area contributed by atoms with E-state index < -0.39 is 0 Å². The first-order valence-electron chi connectivity index (χ1n) is 10.6. The fourth-order valence-corrected chi connectivity index (χ4v) is 3.61. The van der Waals surface area contributed by atoms with Crippen LogP contribution in [0.25, 0.3) is 0 Å². The van der Waals surface area contributed by atoms with Crippen LogP contribution in [0.1, 0.15) is 10.4 Å². The second-order valence-corrected chi connectivity index (χ2v) is 7.83. The molecule has 0 atom stereocenters. The second-order valence-electron chi connectivity index (χ2n) is 7.83. The molecule has 0 radical (unpaired) electrons. The van der Waals surface area contributed by atoms with Crippen LogP contribution >= 0.6 is 0 Å². The van der Waals surface area contributed by atoms with Gasteiger partial charge in [-0.25, -0.2) is 0 Å². The molecule has 7 heteroatoms. The Kier molecular flexibility index (Phi) is 6.67. The monoisotopic (exact) mass is 429 g/mol. The first kappa shape index (κ1) is 21.4. The maximum atomic E-state index is 12.6. The van der Waals surface area contributed by atoms with Gasteiger partial charge in [-0.3, -0.25) is 9.59 Å². The van der Waals surface area contributed by atoms with E-state index >= 15 is 0 Å². The van der Waals surface area contributed by atoms with Crippen molar-refractivity contribution in [1.82, 2.24) is 4.90 Å². The SMILES string of the molecule is CN1CCN(c2ccc(C(=O)Nc3ccc(Nc4ccc(NC=O)cc4)cc3)cc2)CC1. The molecule has 0 aliphatic carbocycles. The van der Waals surface area contributed by atoms with E-state index in [1.54, 1.807) is 0 Å². The Morgan fingerprint density at radius 1 is 0.750 bits per heavy atom. The van der Waals surface area contributed by atoms with Crippen LogP contribution in [-0.2, 0) is 4.79 Å². The molecule has 4 rings (SSSR count). The zero-order valence-electron chi connectivity index (χ0n) is 18.0. The van der Waals surface area contributed by atoms with Gasteiger partial charge >= 0.3 is 0 Å². The van der Waals surface area contributed by atoms with Crippen molar-refractivity contribution in [2.24, 2.45) is 0 Å². The van der Waals surface area contributed by atoms with Crippen molar-refractivity contribution < 1.29 is 9.59 Å². The van der Waals surface area contributed by atoms with E-state index in [0.29, 0.717) is 12.0 Å². The third kappa shape index (κ3) is 5.44. The molecule has 0 bridgehead atoms. The Morgan fingerprint density at radius 3 is 1.84 bits per heavy atom. The highest BCUT2D eigenvalue weighted by Crippen LogP contribution is 2.22. The van der Waals surface area contributed by atoms with Crippen LogP contribution < -0.4 is 20.9 Å². The van der Waals surface area contributed by atoms with Crippen LogP contribution in [0.3, 0.4) is 0 Å². The van der Waals surface area contributed by atoms with Gasteiger partial charge in [0.05, 0.1) is 0 Å². The molecule has 3 aromatic carbocycles. The van der Waals surface area contributed by atoms with E-state index in [2.05, 4.69) is 32.8 Å². The Morgan fingerprint density at radius 2 is 1.28 bits per heavy atom. The molecule has 0 unspecified atom stereocenters. The van der Waals surface area contributed by atoms with Gasteiger partial charge < -0.3 is 25.8 Å². The van der Waals surface area contributed by atoms with Crippen molar-refractivity contribution in [2.45, 2.75) is 0 Å². The number of hydrogen-bond donors (Lipinski definition) is 3. The lowest BCUT2D eigenvalue weighted by Crippen LogP contribution is -2.44. The van der Waals surface area contributed by atoms with Gasteiger partial charge in [-0.15, -0.1) is 0 Å². The molecule has 1 heterocycles. The molecule has 32 heavy (non-hydrogen) atoms. The minimum absolute atomic E-state index is 0.131. The summed E-state index contributed by atoms with van der Waals surface area (Å²) in [5.41, 5.74) is 5.05. The number of likely N-dealkylation sites (N-methyl/N-ethyl adjacent to an activating group) is 1. The van der Waals surface area contributed by atoms with Gasteiger partial charge in [0.1, 0.15) is 0 Å². The van der Waals surface area contributed by atoms with Crippen LogP contribution in [0.2, 0.25) is 0 Å². The summed E-state index contributed by atoms with van der Waals surface area (Å²) in [7, 11) is 2.14. The van der Waals surface area contributed by atoms with Crippen LogP contribution in [-0.4, -0.2) is 50.4 Å². The molecule has 0 aromatic heterocycles. The number of carbonyl (C=O) groups is 2. The third-order valence-electron chi connectivity index (χ3n) is 5.54. The van der Waals surface area contributed by atoms with Crippen molar-refractivity contribution >= 4 is 40.8 Å². The zero-order chi connectivity index (χ0) is 22.3. The lowest BCUT2D eigenvalue weighted by molar-refractivity contribution is -0.105. The highest BCUT2D eigenvalue weighted by molar-refractivity contribution is 6.04. The lowest BCUT2D eigenvalue weighted by Gasteiger charge is -2.34. The number of anilines is 5. The number of nitrogens with zero attached hydrogens (tertiary/aromatic N) is 2. The third-order valence-corrected chi connectivity index (χ3v) is 5.54. The number of rotatable bonds is 7. The van der Waals surface area contributed by atoms with E-state index in [4.69, 9.17) is 0 Å². The predicted octanol–water partition coefficient (Wildman–Crippen LogP) is 4.00. The molecule has 0 saturated carbocycles. The summed E-state index contributed by atoms with van der Waals surface area (Å²) in [6.45, 7) is 4.11. The quantitative estimate of drug-likeness (QED) is 0.495. The van der Waals surface area contributed by atoms with Gasteiger partial charge in [0.15, 0.2) is 0 Å². The molecule has 3 aromatic rings. The average Bonchev–Trinajstić information content (AvgIpc) is 2.82. The summed E-state index contributed by atoms with van der Waals surface area (Å²) in [4.78, 5) is 27.8. The fourth-order valence-electron chi connectivity index (χ4n) is 3.61. The van der Waals surface area contributed by atoms with Gasteiger partial charge in [-0.1, -0.05) is 0 Å². The molecular weight excluding hydrogens is 402 g/mol. The maximum Gasteiger partial charge on any atom is 0.255 e. The summed E-state index contributed by atoms with van der Waals surface area (Å²) in [5, 5.41) is 8.84. The molecule has 1 aliphatic rings. The van der Waals surface area contributed by atoms with Crippen molar-refractivity contribution in [3.8, 4) is 0 Å². The van der Waals surface area contributed by atoms with Gasteiger partial charge in [0.25, 0.3) is 5.91 Å². The molecule has 7 nitrogen and oxygen atoms in total. The van der Waals surface area contributed by atoms with Crippen LogP contribution in [0.4, 0.5) is 28.4 Å². The minimum Gasteiger partial charge on any atom is -0.369 e. The molecular formula is C25H27N5O2. The Bertz CT molecular complexity index is 1040. The van der Waals surface area contributed by atoms with Crippen LogP contribution in [0, 0.1) is 0 Å². The normalized spacial score (nSPS) is 14.0. The summed E-state index contributed by atoms with van der Waals surface area (Å²) < 4.78 is 0. The van der Waals surface area contributed by atoms with Gasteiger partial charge in [0.2, 0.25) is 6.41 Å². The number of piperazine rings is 1. The highest BCUT2D eigenvalue weighted by atomic mass is 16.1.